The van der Waals surface area contributed by atoms with Gasteiger partial charge in [-0.1, -0.05) is 11.6 Å². The second kappa shape index (κ2) is 4.06. The SMILES string of the molecule is Cc1c(F)cc(Cl)c(O)c1C(C)C(=O)O. The van der Waals surface area contributed by atoms with Crippen LogP contribution >= 0.6 is 11.6 Å². The first-order valence-electron chi connectivity index (χ1n) is 4.26. The van der Waals surface area contributed by atoms with Crippen LogP contribution in [0.1, 0.15) is 24.0 Å². The average molecular weight is 233 g/mol. The Hall–Kier alpha value is -1.29. The topological polar surface area (TPSA) is 57.5 Å². The molecule has 1 aromatic rings. The molecule has 1 unspecified atom stereocenters. The van der Waals surface area contributed by atoms with E-state index in [4.69, 9.17) is 16.7 Å². The van der Waals surface area contributed by atoms with E-state index in [1.165, 1.54) is 13.8 Å². The molecule has 82 valence electrons. The second-order valence-corrected chi connectivity index (χ2v) is 3.69. The summed E-state index contributed by atoms with van der Waals surface area (Å²) in [6, 6.07) is 0.963. The lowest BCUT2D eigenvalue weighted by molar-refractivity contribution is -0.138. The summed E-state index contributed by atoms with van der Waals surface area (Å²) in [6.45, 7) is 2.76. The number of halogens is 2. The minimum Gasteiger partial charge on any atom is -0.506 e. The van der Waals surface area contributed by atoms with Crippen LogP contribution in [0.5, 0.6) is 5.75 Å². The number of hydrogen-bond donors (Lipinski definition) is 2. The summed E-state index contributed by atoms with van der Waals surface area (Å²) in [4.78, 5) is 10.8. The molecule has 1 atom stereocenters. The number of aromatic hydroxyl groups is 1. The molecule has 0 spiro atoms. The highest BCUT2D eigenvalue weighted by molar-refractivity contribution is 6.32. The van der Waals surface area contributed by atoms with Gasteiger partial charge in [0, 0.05) is 5.56 Å². The second-order valence-electron chi connectivity index (χ2n) is 3.29. The van der Waals surface area contributed by atoms with Crippen molar-refractivity contribution in [3.8, 4) is 5.75 Å². The van der Waals surface area contributed by atoms with Crippen LogP contribution in [0.15, 0.2) is 6.07 Å². The Balaban J connectivity index is 3.45. The van der Waals surface area contributed by atoms with Crippen LogP contribution in [0, 0.1) is 12.7 Å². The predicted molar refractivity (Wildman–Crippen MR) is 53.9 cm³/mol. The van der Waals surface area contributed by atoms with Crippen LogP contribution in [0.4, 0.5) is 4.39 Å². The molecule has 0 fully saturated rings. The average Bonchev–Trinajstić information content (AvgIpc) is 2.15. The summed E-state index contributed by atoms with van der Waals surface area (Å²) >= 11 is 5.56. The Morgan fingerprint density at radius 2 is 2.13 bits per heavy atom. The zero-order valence-electron chi connectivity index (χ0n) is 8.21. The fourth-order valence-electron chi connectivity index (χ4n) is 1.38. The van der Waals surface area contributed by atoms with Gasteiger partial charge >= 0.3 is 5.97 Å². The maximum absolute atomic E-state index is 13.3. The molecule has 1 aromatic carbocycles. The van der Waals surface area contributed by atoms with E-state index in [1.807, 2.05) is 0 Å². The summed E-state index contributed by atoms with van der Waals surface area (Å²) in [5.74, 6) is -3.14. The highest BCUT2D eigenvalue weighted by Gasteiger charge is 2.23. The van der Waals surface area contributed by atoms with Gasteiger partial charge in [-0.05, 0) is 25.5 Å². The molecular weight excluding hydrogens is 223 g/mol. The van der Waals surface area contributed by atoms with Crippen molar-refractivity contribution in [1.29, 1.82) is 0 Å². The fraction of sp³-hybridized carbons (Fsp3) is 0.300. The molecule has 0 saturated heterocycles. The number of carboxylic acids is 1. The van der Waals surface area contributed by atoms with Crippen molar-refractivity contribution in [2.24, 2.45) is 0 Å². The van der Waals surface area contributed by atoms with E-state index >= 15 is 0 Å². The summed E-state index contributed by atoms with van der Waals surface area (Å²) in [7, 11) is 0. The zero-order chi connectivity index (χ0) is 11.7. The van der Waals surface area contributed by atoms with E-state index in [0.29, 0.717) is 0 Å². The van der Waals surface area contributed by atoms with E-state index in [0.717, 1.165) is 6.07 Å². The fourth-order valence-corrected chi connectivity index (χ4v) is 1.57. The highest BCUT2D eigenvalue weighted by Crippen LogP contribution is 2.36. The molecule has 0 aromatic heterocycles. The number of hydrogen-bond acceptors (Lipinski definition) is 2. The summed E-state index contributed by atoms with van der Waals surface area (Å²) in [5.41, 5.74) is 0.124. The minimum atomic E-state index is -1.14. The van der Waals surface area contributed by atoms with Gasteiger partial charge in [0.25, 0.3) is 0 Å². The lowest BCUT2D eigenvalue weighted by Crippen LogP contribution is -2.10. The van der Waals surface area contributed by atoms with Crippen molar-refractivity contribution >= 4 is 17.6 Å². The van der Waals surface area contributed by atoms with Crippen molar-refractivity contribution in [3.05, 3.63) is 28.0 Å². The van der Waals surface area contributed by atoms with Gasteiger partial charge in [0.05, 0.1) is 10.9 Å². The van der Waals surface area contributed by atoms with Gasteiger partial charge in [0.1, 0.15) is 11.6 Å². The molecule has 1 rings (SSSR count). The number of phenols is 1. The van der Waals surface area contributed by atoms with E-state index in [9.17, 15) is 14.3 Å². The lowest BCUT2D eigenvalue weighted by Gasteiger charge is -2.14. The van der Waals surface area contributed by atoms with E-state index in [1.54, 1.807) is 0 Å². The smallest absolute Gasteiger partial charge is 0.310 e. The van der Waals surface area contributed by atoms with Gasteiger partial charge in [-0.15, -0.1) is 0 Å². The predicted octanol–water partition coefficient (Wildman–Crippen LogP) is 2.68. The van der Waals surface area contributed by atoms with Crippen LogP contribution in [-0.2, 0) is 4.79 Å². The Morgan fingerprint density at radius 3 is 2.60 bits per heavy atom. The third-order valence-electron chi connectivity index (χ3n) is 2.30. The monoisotopic (exact) mass is 232 g/mol. The molecule has 2 N–H and O–H groups in total. The number of aliphatic carboxylic acids is 1. The Labute approximate surface area is 91.1 Å². The minimum absolute atomic E-state index is 0.0208. The van der Waals surface area contributed by atoms with Gasteiger partial charge in [-0.2, -0.15) is 0 Å². The van der Waals surface area contributed by atoms with Crippen LogP contribution in [0.3, 0.4) is 0 Å². The molecule has 0 bridgehead atoms. The van der Waals surface area contributed by atoms with E-state index < -0.39 is 17.7 Å². The first kappa shape index (κ1) is 11.8. The molecular formula is C10H10ClFO3. The van der Waals surface area contributed by atoms with Gasteiger partial charge in [-0.25, -0.2) is 4.39 Å². The van der Waals surface area contributed by atoms with Gasteiger partial charge in [-0.3, -0.25) is 4.79 Å². The number of rotatable bonds is 2. The summed E-state index contributed by atoms with van der Waals surface area (Å²) < 4.78 is 13.3. The van der Waals surface area contributed by atoms with E-state index in [-0.39, 0.29) is 21.9 Å². The standard InChI is InChI=1S/C10H10ClFO3/c1-4-7(12)3-6(11)9(13)8(4)5(2)10(14)15/h3,5,13H,1-2H3,(H,14,15). The highest BCUT2D eigenvalue weighted by atomic mass is 35.5. The number of phenolic OH excluding ortho intramolecular Hbond substituents is 1. The normalized spacial score (nSPS) is 12.5. The molecule has 5 heteroatoms. The quantitative estimate of drug-likeness (QED) is 0.824. The summed E-state index contributed by atoms with van der Waals surface area (Å²) in [6.07, 6.45) is 0. The summed E-state index contributed by atoms with van der Waals surface area (Å²) in [5, 5.41) is 18.2. The van der Waals surface area contributed by atoms with Crippen molar-refractivity contribution in [3.63, 3.8) is 0 Å². The van der Waals surface area contributed by atoms with Gasteiger partial charge < -0.3 is 10.2 Å². The van der Waals surface area contributed by atoms with Crippen LogP contribution < -0.4 is 0 Å². The molecule has 0 radical (unpaired) electrons. The molecule has 0 aliphatic rings. The van der Waals surface area contributed by atoms with Crippen LogP contribution in [0.25, 0.3) is 0 Å². The molecule has 0 aliphatic heterocycles. The zero-order valence-corrected chi connectivity index (χ0v) is 8.97. The Morgan fingerprint density at radius 1 is 1.60 bits per heavy atom. The van der Waals surface area contributed by atoms with E-state index in [2.05, 4.69) is 0 Å². The maximum atomic E-state index is 13.3. The van der Waals surface area contributed by atoms with Gasteiger partial charge in [0.15, 0.2) is 0 Å². The molecule has 0 heterocycles. The molecule has 3 nitrogen and oxygen atoms in total. The molecule has 0 amide bonds. The van der Waals surface area contributed by atoms with Crippen LogP contribution in [-0.4, -0.2) is 16.2 Å². The first-order chi connectivity index (χ1) is 6.86. The number of carbonyl (C=O) groups is 1. The Kier molecular flexibility index (Phi) is 3.19. The van der Waals surface area contributed by atoms with Crippen molar-refractivity contribution in [1.82, 2.24) is 0 Å². The van der Waals surface area contributed by atoms with Crippen molar-refractivity contribution in [2.45, 2.75) is 19.8 Å². The molecule has 0 aliphatic carbocycles. The maximum Gasteiger partial charge on any atom is 0.310 e. The number of benzene rings is 1. The largest absolute Gasteiger partial charge is 0.506 e. The molecule has 15 heavy (non-hydrogen) atoms. The molecule has 0 saturated carbocycles. The third-order valence-corrected chi connectivity index (χ3v) is 2.59. The van der Waals surface area contributed by atoms with Gasteiger partial charge in [0.2, 0.25) is 0 Å². The first-order valence-corrected chi connectivity index (χ1v) is 4.64. The van der Waals surface area contributed by atoms with Crippen molar-refractivity contribution < 1.29 is 19.4 Å². The third kappa shape index (κ3) is 2.04. The lowest BCUT2D eigenvalue weighted by atomic mass is 9.95. The Bertz CT molecular complexity index is 391. The van der Waals surface area contributed by atoms with Crippen LogP contribution in [0.2, 0.25) is 5.02 Å². The van der Waals surface area contributed by atoms with Crippen molar-refractivity contribution in [2.75, 3.05) is 0 Å². The number of carboxylic acid groups (broad SMARTS) is 1.